The van der Waals surface area contributed by atoms with Gasteiger partial charge in [-0.2, -0.15) is 4.37 Å². The molecule has 7 heteroatoms. The van der Waals surface area contributed by atoms with Crippen molar-refractivity contribution in [2.45, 2.75) is 45.7 Å². The van der Waals surface area contributed by atoms with Crippen LogP contribution in [0.1, 0.15) is 42.8 Å². The van der Waals surface area contributed by atoms with Gasteiger partial charge in [0.05, 0.1) is 0 Å². The summed E-state index contributed by atoms with van der Waals surface area (Å²) < 4.78 is 4.58. The highest BCUT2D eigenvalue weighted by Gasteiger charge is 2.20. The molecule has 0 unspecified atom stereocenters. The Hall–Kier alpha value is -3.22. The lowest BCUT2D eigenvalue weighted by Crippen LogP contribution is -2.38. The van der Waals surface area contributed by atoms with E-state index in [1.54, 1.807) is 0 Å². The standard InChI is InChI=1S/C30H33ClN4OS/c1-23(2)35(30-32-28(33-37-30)21-25-13-15-27(31)16-14-25)20-18-29(36)34(22-26-11-7-4-8-12-26)19-17-24-9-5-3-6-10-24/h3-16,23H,17-22H2,1-2H3. The zero-order chi connectivity index (χ0) is 26.0. The maximum absolute atomic E-state index is 13.5. The Bertz CT molecular complexity index is 1250. The van der Waals surface area contributed by atoms with Gasteiger partial charge in [0, 0.05) is 55.1 Å². The fourth-order valence-corrected chi connectivity index (χ4v) is 5.14. The lowest BCUT2D eigenvalue weighted by Gasteiger charge is -2.28. The molecule has 0 bridgehead atoms. The third-order valence-corrected chi connectivity index (χ3v) is 7.29. The van der Waals surface area contributed by atoms with Gasteiger partial charge < -0.3 is 9.80 Å². The predicted octanol–water partition coefficient (Wildman–Crippen LogP) is 6.66. The summed E-state index contributed by atoms with van der Waals surface area (Å²) in [6.07, 6.45) is 1.91. The van der Waals surface area contributed by atoms with Gasteiger partial charge in [0.2, 0.25) is 11.0 Å². The largest absolute Gasteiger partial charge is 0.344 e. The number of hydrogen-bond donors (Lipinski definition) is 0. The summed E-state index contributed by atoms with van der Waals surface area (Å²) in [7, 11) is 0. The Morgan fingerprint density at radius 2 is 1.51 bits per heavy atom. The number of nitrogens with zero attached hydrogens (tertiary/aromatic N) is 4. The highest BCUT2D eigenvalue weighted by molar-refractivity contribution is 7.09. The lowest BCUT2D eigenvalue weighted by molar-refractivity contribution is -0.131. The molecule has 0 spiro atoms. The fourth-order valence-electron chi connectivity index (χ4n) is 4.17. The molecule has 192 valence electrons. The number of amides is 1. The number of benzene rings is 3. The molecule has 0 fully saturated rings. The third kappa shape index (κ3) is 8.14. The molecule has 0 aliphatic carbocycles. The van der Waals surface area contributed by atoms with Crippen LogP contribution >= 0.6 is 23.1 Å². The quantitative estimate of drug-likeness (QED) is 0.205. The second-order valence-electron chi connectivity index (χ2n) is 9.37. The molecule has 4 aromatic rings. The average molecular weight is 533 g/mol. The predicted molar refractivity (Wildman–Crippen MR) is 153 cm³/mol. The van der Waals surface area contributed by atoms with Crippen LogP contribution in [0.4, 0.5) is 5.13 Å². The molecule has 0 aliphatic heterocycles. The number of aromatic nitrogens is 2. The SMILES string of the molecule is CC(C)N(CCC(=O)N(CCc1ccccc1)Cc1ccccc1)c1nc(Cc2ccc(Cl)cc2)ns1. The van der Waals surface area contributed by atoms with Crippen molar-refractivity contribution in [3.63, 3.8) is 0 Å². The van der Waals surface area contributed by atoms with E-state index in [1.807, 2.05) is 65.6 Å². The van der Waals surface area contributed by atoms with Gasteiger partial charge in [-0.1, -0.05) is 84.4 Å². The molecule has 1 heterocycles. The number of rotatable bonds is 12. The van der Waals surface area contributed by atoms with E-state index in [0.29, 0.717) is 32.5 Å². The minimum atomic E-state index is 0.149. The average Bonchev–Trinajstić information content (AvgIpc) is 3.36. The van der Waals surface area contributed by atoms with Crippen molar-refractivity contribution in [2.24, 2.45) is 0 Å². The van der Waals surface area contributed by atoms with Gasteiger partial charge >= 0.3 is 0 Å². The van der Waals surface area contributed by atoms with E-state index in [4.69, 9.17) is 16.6 Å². The molecule has 3 aromatic carbocycles. The molecule has 0 N–H and O–H groups in total. The minimum Gasteiger partial charge on any atom is -0.344 e. The van der Waals surface area contributed by atoms with Crippen molar-refractivity contribution in [3.8, 4) is 0 Å². The first kappa shape index (κ1) is 26.8. The molecular formula is C30H33ClN4OS. The summed E-state index contributed by atoms with van der Waals surface area (Å²) in [5, 5.41) is 1.57. The van der Waals surface area contributed by atoms with E-state index in [9.17, 15) is 4.79 Å². The van der Waals surface area contributed by atoms with Gasteiger partial charge in [0.25, 0.3) is 0 Å². The molecule has 1 aromatic heterocycles. The molecule has 0 radical (unpaired) electrons. The Balaban J connectivity index is 1.40. The molecular weight excluding hydrogens is 500 g/mol. The number of hydrogen-bond acceptors (Lipinski definition) is 5. The highest BCUT2D eigenvalue weighted by atomic mass is 35.5. The minimum absolute atomic E-state index is 0.149. The first-order valence-electron chi connectivity index (χ1n) is 12.7. The van der Waals surface area contributed by atoms with E-state index in [1.165, 1.54) is 17.1 Å². The summed E-state index contributed by atoms with van der Waals surface area (Å²) in [5.74, 6) is 0.934. The second-order valence-corrected chi connectivity index (χ2v) is 10.5. The number of anilines is 1. The summed E-state index contributed by atoms with van der Waals surface area (Å²) in [6, 6.07) is 28.5. The van der Waals surface area contributed by atoms with Gasteiger partial charge in [-0.3, -0.25) is 4.79 Å². The van der Waals surface area contributed by atoms with Gasteiger partial charge in [-0.25, -0.2) is 4.98 Å². The van der Waals surface area contributed by atoms with Gasteiger partial charge in [-0.05, 0) is 49.1 Å². The molecule has 5 nitrogen and oxygen atoms in total. The number of carbonyl (C=O) groups is 1. The van der Waals surface area contributed by atoms with Crippen LogP contribution in [0.2, 0.25) is 5.02 Å². The molecule has 1 amide bonds. The van der Waals surface area contributed by atoms with Gasteiger partial charge in [-0.15, -0.1) is 0 Å². The lowest BCUT2D eigenvalue weighted by atomic mass is 10.1. The van der Waals surface area contributed by atoms with Gasteiger partial charge in [0.15, 0.2) is 0 Å². The molecule has 37 heavy (non-hydrogen) atoms. The van der Waals surface area contributed by atoms with Crippen LogP contribution in [-0.2, 0) is 24.2 Å². The first-order chi connectivity index (χ1) is 18.0. The van der Waals surface area contributed by atoms with Crippen molar-refractivity contribution in [2.75, 3.05) is 18.0 Å². The fraction of sp³-hybridized carbons (Fsp3) is 0.300. The number of halogens is 1. The van der Waals surface area contributed by atoms with E-state index >= 15 is 0 Å². The van der Waals surface area contributed by atoms with Crippen LogP contribution in [0.5, 0.6) is 0 Å². The summed E-state index contributed by atoms with van der Waals surface area (Å²) >= 11 is 7.40. The zero-order valence-electron chi connectivity index (χ0n) is 21.4. The molecule has 0 atom stereocenters. The highest BCUT2D eigenvalue weighted by Crippen LogP contribution is 2.22. The van der Waals surface area contributed by atoms with Crippen LogP contribution in [0, 0.1) is 0 Å². The van der Waals surface area contributed by atoms with Crippen LogP contribution in [0.25, 0.3) is 0 Å². The van der Waals surface area contributed by atoms with Crippen molar-refractivity contribution in [3.05, 3.63) is 112 Å². The third-order valence-electron chi connectivity index (χ3n) is 6.25. The van der Waals surface area contributed by atoms with Crippen molar-refractivity contribution >= 4 is 34.2 Å². The normalized spacial score (nSPS) is 11.0. The van der Waals surface area contributed by atoms with E-state index in [0.717, 1.165) is 33.5 Å². The van der Waals surface area contributed by atoms with Crippen LogP contribution < -0.4 is 4.90 Å². The van der Waals surface area contributed by atoms with Crippen molar-refractivity contribution < 1.29 is 4.79 Å². The number of carbonyl (C=O) groups excluding carboxylic acids is 1. The van der Waals surface area contributed by atoms with Crippen LogP contribution in [0.3, 0.4) is 0 Å². The Kier molecular flexibility index (Phi) is 9.69. The Labute approximate surface area is 228 Å². The van der Waals surface area contributed by atoms with Crippen molar-refractivity contribution in [1.29, 1.82) is 0 Å². The zero-order valence-corrected chi connectivity index (χ0v) is 23.0. The monoisotopic (exact) mass is 532 g/mol. The van der Waals surface area contributed by atoms with E-state index in [2.05, 4.69) is 47.4 Å². The molecule has 0 saturated heterocycles. The maximum atomic E-state index is 13.5. The first-order valence-corrected chi connectivity index (χ1v) is 13.8. The van der Waals surface area contributed by atoms with Gasteiger partial charge in [0.1, 0.15) is 5.82 Å². The van der Waals surface area contributed by atoms with Crippen LogP contribution in [-0.4, -0.2) is 39.3 Å². The Morgan fingerprint density at radius 3 is 2.16 bits per heavy atom. The second kappa shape index (κ2) is 13.4. The van der Waals surface area contributed by atoms with E-state index in [-0.39, 0.29) is 11.9 Å². The maximum Gasteiger partial charge on any atom is 0.224 e. The van der Waals surface area contributed by atoms with E-state index < -0.39 is 0 Å². The smallest absolute Gasteiger partial charge is 0.224 e. The molecule has 0 saturated carbocycles. The summed E-state index contributed by atoms with van der Waals surface area (Å²) in [4.78, 5) is 22.4. The van der Waals surface area contributed by atoms with Crippen molar-refractivity contribution in [1.82, 2.24) is 14.3 Å². The topological polar surface area (TPSA) is 49.3 Å². The van der Waals surface area contributed by atoms with Crippen LogP contribution in [0.15, 0.2) is 84.9 Å². The Morgan fingerprint density at radius 1 is 0.865 bits per heavy atom. The summed E-state index contributed by atoms with van der Waals surface area (Å²) in [6.45, 7) is 6.15. The summed E-state index contributed by atoms with van der Waals surface area (Å²) in [5.41, 5.74) is 3.50. The molecule has 4 rings (SSSR count). The molecule has 0 aliphatic rings.